The van der Waals surface area contributed by atoms with E-state index in [1.807, 2.05) is 6.07 Å². The van der Waals surface area contributed by atoms with Gasteiger partial charge in [0, 0.05) is 6.04 Å². The smallest absolute Gasteiger partial charge is 0.300 e. The number of nitrogens with zero attached hydrogens (tertiary/aromatic N) is 1. The van der Waals surface area contributed by atoms with Crippen molar-refractivity contribution in [2.24, 2.45) is 5.84 Å². The highest BCUT2D eigenvalue weighted by Crippen LogP contribution is 2.25. The van der Waals surface area contributed by atoms with Crippen LogP contribution in [-0.2, 0) is 6.54 Å². The molecule has 1 aliphatic rings. The third kappa shape index (κ3) is 2.91. The second kappa shape index (κ2) is 6.02. The molecule has 0 saturated heterocycles. The third-order valence-corrected chi connectivity index (χ3v) is 3.62. The SMILES string of the molecule is CCN(Cc1ccc(C(=O)NN)o1)C1CCCC1. The van der Waals surface area contributed by atoms with Gasteiger partial charge in [-0.15, -0.1) is 0 Å². The number of hydrazine groups is 1. The highest BCUT2D eigenvalue weighted by Gasteiger charge is 2.22. The Morgan fingerprint density at radius 1 is 1.50 bits per heavy atom. The Bertz CT molecular complexity index is 397. The van der Waals surface area contributed by atoms with E-state index in [-0.39, 0.29) is 11.7 Å². The van der Waals surface area contributed by atoms with Crippen LogP contribution in [0.1, 0.15) is 48.9 Å². The molecular formula is C13H21N3O2. The Morgan fingerprint density at radius 3 is 2.83 bits per heavy atom. The summed E-state index contributed by atoms with van der Waals surface area (Å²) in [5.41, 5.74) is 2.07. The molecule has 0 radical (unpaired) electrons. The van der Waals surface area contributed by atoms with Crippen molar-refractivity contribution in [3.63, 3.8) is 0 Å². The molecule has 1 amide bonds. The maximum absolute atomic E-state index is 11.3. The van der Waals surface area contributed by atoms with Gasteiger partial charge < -0.3 is 4.42 Å². The molecule has 18 heavy (non-hydrogen) atoms. The van der Waals surface area contributed by atoms with Crippen LogP contribution in [0.2, 0.25) is 0 Å². The van der Waals surface area contributed by atoms with Crippen molar-refractivity contribution in [3.05, 3.63) is 23.7 Å². The van der Waals surface area contributed by atoms with Crippen LogP contribution in [0.15, 0.2) is 16.5 Å². The van der Waals surface area contributed by atoms with E-state index in [9.17, 15) is 4.79 Å². The second-order valence-electron chi connectivity index (χ2n) is 4.74. The molecule has 0 spiro atoms. The van der Waals surface area contributed by atoms with Crippen molar-refractivity contribution in [1.29, 1.82) is 0 Å². The Morgan fingerprint density at radius 2 is 2.22 bits per heavy atom. The van der Waals surface area contributed by atoms with Crippen LogP contribution in [0.3, 0.4) is 0 Å². The highest BCUT2D eigenvalue weighted by atomic mass is 16.4. The third-order valence-electron chi connectivity index (χ3n) is 3.62. The first kappa shape index (κ1) is 13.1. The largest absolute Gasteiger partial charge is 0.455 e. The minimum atomic E-state index is -0.384. The van der Waals surface area contributed by atoms with E-state index >= 15 is 0 Å². The Kier molecular flexibility index (Phi) is 4.38. The quantitative estimate of drug-likeness (QED) is 0.474. The van der Waals surface area contributed by atoms with Crippen molar-refractivity contribution in [1.82, 2.24) is 10.3 Å². The average molecular weight is 251 g/mol. The Balaban J connectivity index is 1.98. The number of hydrogen-bond donors (Lipinski definition) is 2. The molecule has 1 heterocycles. The van der Waals surface area contributed by atoms with E-state index in [1.54, 1.807) is 6.07 Å². The summed E-state index contributed by atoms with van der Waals surface area (Å²) < 4.78 is 5.49. The van der Waals surface area contributed by atoms with Gasteiger partial charge in [0.1, 0.15) is 5.76 Å². The summed E-state index contributed by atoms with van der Waals surface area (Å²) in [5.74, 6) is 5.78. The summed E-state index contributed by atoms with van der Waals surface area (Å²) in [4.78, 5) is 13.7. The Labute approximate surface area is 107 Å². The van der Waals surface area contributed by atoms with E-state index in [1.165, 1.54) is 25.7 Å². The maximum Gasteiger partial charge on any atom is 0.300 e. The lowest BCUT2D eigenvalue weighted by molar-refractivity contribution is 0.0920. The fraction of sp³-hybridized carbons (Fsp3) is 0.615. The topological polar surface area (TPSA) is 71.5 Å². The minimum Gasteiger partial charge on any atom is -0.455 e. The molecule has 0 aliphatic heterocycles. The second-order valence-corrected chi connectivity index (χ2v) is 4.74. The zero-order valence-electron chi connectivity index (χ0n) is 10.8. The number of furan rings is 1. The zero-order valence-corrected chi connectivity index (χ0v) is 10.8. The van der Waals surface area contributed by atoms with Gasteiger partial charge in [-0.3, -0.25) is 15.1 Å². The van der Waals surface area contributed by atoms with Gasteiger partial charge in [-0.2, -0.15) is 0 Å². The summed E-state index contributed by atoms with van der Waals surface area (Å²) in [6.07, 6.45) is 5.18. The number of nitrogens with one attached hydrogen (secondary N) is 1. The standard InChI is InChI=1S/C13H21N3O2/c1-2-16(10-5-3-4-6-10)9-11-7-8-12(18-11)13(17)15-14/h7-8,10H,2-6,9,14H2,1H3,(H,15,17). The number of carbonyl (C=O) groups is 1. The number of nitrogen functional groups attached to an aromatic ring is 1. The van der Waals surface area contributed by atoms with Crippen LogP contribution in [0, 0.1) is 0 Å². The molecule has 3 N–H and O–H groups in total. The number of hydrogen-bond acceptors (Lipinski definition) is 4. The van der Waals surface area contributed by atoms with Crippen LogP contribution in [0.25, 0.3) is 0 Å². The van der Waals surface area contributed by atoms with Crippen LogP contribution < -0.4 is 11.3 Å². The molecule has 0 atom stereocenters. The molecule has 5 nitrogen and oxygen atoms in total. The number of rotatable bonds is 5. The average Bonchev–Trinajstić information content (AvgIpc) is 3.05. The molecule has 1 aliphatic carbocycles. The maximum atomic E-state index is 11.3. The van der Waals surface area contributed by atoms with Crippen molar-refractivity contribution < 1.29 is 9.21 Å². The lowest BCUT2D eigenvalue weighted by Gasteiger charge is -2.26. The van der Waals surface area contributed by atoms with Crippen molar-refractivity contribution in [3.8, 4) is 0 Å². The fourth-order valence-corrected chi connectivity index (χ4v) is 2.62. The predicted octanol–water partition coefficient (Wildman–Crippen LogP) is 1.65. The molecular weight excluding hydrogens is 230 g/mol. The van der Waals surface area contributed by atoms with Gasteiger partial charge in [-0.25, -0.2) is 5.84 Å². The summed E-state index contributed by atoms with van der Waals surface area (Å²) in [6, 6.07) is 4.18. The molecule has 1 saturated carbocycles. The first-order chi connectivity index (χ1) is 8.74. The van der Waals surface area contributed by atoms with Crippen LogP contribution in [-0.4, -0.2) is 23.4 Å². The van der Waals surface area contributed by atoms with Gasteiger partial charge in [-0.05, 0) is 31.5 Å². The minimum absolute atomic E-state index is 0.273. The Hall–Kier alpha value is -1.33. The zero-order chi connectivity index (χ0) is 13.0. The summed E-state index contributed by atoms with van der Waals surface area (Å²) in [7, 11) is 0. The molecule has 1 aromatic heterocycles. The van der Waals surface area contributed by atoms with Crippen molar-refractivity contribution >= 4 is 5.91 Å². The van der Waals surface area contributed by atoms with Crippen LogP contribution >= 0.6 is 0 Å². The van der Waals surface area contributed by atoms with Gasteiger partial charge in [-0.1, -0.05) is 19.8 Å². The van der Waals surface area contributed by atoms with E-state index in [4.69, 9.17) is 10.3 Å². The molecule has 1 fully saturated rings. The van der Waals surface area contributed by atoms with Gasteiger partial charge in [0.25, 0.3) is 0 Å². The molecule has 0 bridgehead atoms. The molecule has 2 rings (SSSR count). The molecule has 0 unspecified atom stereocenters. The summed E-state index contributed by atoms with van der Waals surface area (Å²) in [5, 5.41) is 0. The first-order valence-electron chi connectivity index (χ1n) is 6.58. The molecule has 0 aromatic carbocycles. The molecule has 1 aromatic rings. The number of carbonyl (C=O) groups excluding carboxylic acids is 1. The molecule has 5 heteroatoms. The van der Waals surface area contributed by atoms with E-state index < -0.39 is 0 Å². The summed E-state index contributed by atoms with van der Waals surface area (Å²) >= 11 is 0. The van der Waals surface area contributed by atoms with Crippen molar-refractivity contribution in [2.75, 3.05) is 6.54 Å². The lowest BCUT2D eigenvalue weighted by Crippen LogP contribution is -2.32. The lowest BCUT2D eigenvalue weighted by atomic mass is 10.2. The first-order valence-corrected chi connectivity index (χ1v) is 6.58. The number of amides is 1. The fourth-order valence-electron chi connectivity index (χ4n) is 2.62. The van der Waals surface area contributed by atoms with E-state index in [0.717, 1.165) is 18.8 Å². The van der Waals surface area contributed by atoms with Gasteiger partial charge >= 0.3 is 5.91 Å². The monoisotopic (exact) mass is 251 g/mol. The van der Waals surface area contributed by atoms with Gasteiger partial charge in [0.05, 0.1) is 6.54 Å². The highest BCUT2D eigenvalue weighted by molar-refractivity contribution is 5.90. The summed E-state index contributed by atoms with van der Waals surface area (Å²) in [6.45, 7) is 3.93. The molecule has 100 valence electrons. The van der Waals surface area contributed by atoms with Crippen LogP contribution in [0.5, 0.6) is 0 Å². The van der Waals surface area contributed by atoms with Gasteiger partial charge in [0.2, 0.25) is 0 Å². The predicted molar refractivity (Wildman–Crippen MR) is 68.7 cm³/mol. The van der Waals surface area contributed by atoms with E-state index in [0.29, 0.717) is 6.04 Å². The van der Waals surface area contributed by atoms with Crippen molar-refractivity contribution in [2.45, 2.75) is 45.2 Å². The van der Waals surface area contributed by atoms with Crippen LogP contribution in [0.4, 0.5) is 0 Å². The normalized spacial score (nSPS) is 16.4. The number of nitrogens with two attached hydrogens (primary N) is 1. The van der Waals surface area contributed by atoms with E-state index in [2.05, 4.69) is 17.2 Å². The van der Waals surface area contributed by atoms with Gasteiger partial charge in [0.15, 0.2) is 5.76 Å².